The minimum absolute atomic E-state index is 0.00441. The van der Waals surface area contributed by atoms with Crippen molar-refractivity contribution < 1.29 is 4.79 Å². The van der Waals surface area contributed by atoms with Gasteiger partial charge in [-0.1, -0.05) is 26.0 Å². The Kier molecular flexibility index (Phi) is 8.25. The number of carbonyl (C=O) groups excluding carboxylic acids is 1. The first-order valence-electron chi connectivity index (χ1n) is 9.68. The Labute approximate surface area is 157 Å². The van der Waals surface area contributed by atoms with Gasteiger partial charge in [-0.2, -0.15) is 0 Å². The Morgan fingerprint density at radius 3 is 2.69 bits per heavy atom. The number of likely N-dealkylation sites (tertiary alicyclic amines) is 1. The van der Waals surface area contributed by atoms with Crippen LogP contribution in [0.15, 0.2) is 29.3 Å². The van der Waals surface area contributed by atoms with Gasteiger partial charge in [0, 0.05) is 38.9 Å². The van der Waals surface area contributed by atoms with Crippen LogP contribution in [-0.4, -0.2) is 43.6 Å². The first kappa shape index (κ1) is 20.1. The van der Waals surface area contributed by atoms with Gasteiger partial charge in [0.15, 0.2) is 5.96 Å². The number of urea groups is 1. The molecule has 26 heavy (non-hydrogen) atoms. The van der Waals surface area contributed by atoms with E-state index in [9.17, 15) is 4.79 Å². The van der Waals surface area contributed by atoms with E-state index in [2.05, 4.69) is 34.8 Å². The molecule has 0 aliphatic carbocycles. The molecule has 0 spiro atoms. The zero-order chi connectivity index (χ0) is 18.8. The lowest BCUT2D eigenvalue weighted by atomic mass is 10.1. The summed E-state index contributed by atoms with van der Waals surface area (Å²) in [6, 6.07) is 7.94. The van der Waals surface area contributed by atoms with Gasteiger partial charge in [0.2, 0.25) is 0 Å². The molecule has 2 amide bonds. The number of benzene rings is 1. The minimum atomic E-state index is -0.00441. The summed E-state index contributed by atoms with van der Waals surface area (Å²) in [5, 5.41) is 9.66. The lowest BCUT2D eigenvalue weighted by molar-refractivity contribution is 0.222. The summed E-state index contributed by atoms with van der Waals surface area (Å²) in [5.74, 6) is 1.53. The number of nitrogens with one attached hydrogen (secondary N) is 3. The summed E-state index contributed by atoms with van der Waals surface area (Å²) in [6.07, 6.45) is 4.54. The number of carbonyl (C=O) groups is 1. The maximum Gasteiger partial charge on any atom is 0.321 e. The number of nitrogens with zero attached hydrogens (tertiary/aromatic N) is 2. The molecule has 3 N–H and O–H groups in total. The molecule has 1 aromatic rings. The van der Waals surface area contributed by atoms with Crippen molar-refractivity contribution in [2.24, 2.45) is 10.9 Å². The summed E-state index contributed by atoms with van der Waals surface area (Å²) in [4.78, 5) is 18.3. The highest BCUT2D eigenvalue weighted by Gasteiger charge is 2.17. The van der Waals surface area contributed by atoms with E-state index in [0.29, 0.717) is 6.54 Å². The van der Waals surface area contributed by atoms with Crippen LogP contribution in [0, 0.1) is 5.92 Å². The van der Waals surface area contributed by atoms with Gasteiger partial charge in [0.05, 0.1) is 0 Å². The van der Waals surface area contributed by atoms with Gasteiger partial charge in [-0.15, -0.1) is 0 Å². The van der Waals surface area contributed by atoms with Gasteiger partial charge < -0.3 is 20.9 Å². The molecular formula is C20H33N5O. The second-order valence-corrected chi connectivity index (χ2v) is 7.21. The highest BCUT2D eigenvalue weighted by Crippen LogP contribution is 2.14. The lowest BCUT2D eigenvalue weighted by Crippen LogP contribution is -2.37. The first-order chi connectivity index (χ1) is 12.6. The molecule has 0 aromatic heterocycles. The first-order valence-corrected chi connectivity index (χ1v) is 9.68. The number of hydrogen-bond acceptors (Lipinski definition) is 2. The number of hydrogen-bond donors (Lipinski definition) is 3. The predicted molar refractivity (Wildman–Crippen MR) is 109 cm³/mol. The van der Waals surface area contributed by atoms with Crippen LogP contribution in [0.1, 0.15) is 45.1 Å². The summed E-state index contributed by atoms with van der Waals surface area (Å²) in [5.41, 5.74) is 1.94. The van der Waals surface area contributed by atoms with Gasteiger partial charge in [-0.05, 0) is 49.3 Å². The zero-order valence-corrected chi connectivity index (χ0v) is 16.3. The van der Waals surface area contributed by atoms with E-state index < -0.39 is 0 Å². The van der Waals surface area contributed by atoms with E-state index in [1.807, 2.05) is 29.2 Å². The van der Waals surface area contributed by atoms with E-state index >= 15 is 0 Å². The van der Waals surface area contributed by atoms with Crippen molar-refractivity contribution >= 4 is 17.7 Å². The van der Waals surface area contributed by atoms with Crippen molar-refractivity contribution in [2.45, 2.75) is 46.1 Å². The topological polar surface area (TPSA) is 68.8 Å². The van der Waals surface area contributed by atoms with E-state index in [-0.39, 0.29) is 6.03 Å². The van der Waals surface area contributed by atoms with E-state index in [4.69, 9.17) is 0 Å². The molecule has 144 valence electrons. The van der Waals surface area contributed by atoms with Crippen LogP contribution in [0.3, 0.4) is 0 Å². The van der Waals surface area contributed by atoms with Crippen LogP contribution >= 0.6 is 0 Å². The number of amides is 2. The summed E-state index contributed by atoms with van der Waals surface area (Å²) < 4.78 is 0. The molecule has 1 aromatic carbocycles. The van der Waals surface area contributed by atoms with Crippen LogP contribution in [0.25, 0.3) is 0 Å². The van der Waals surface area contributed by atoms with Crippen LogP contribution < -0.4 is 16.0 Å². The van der Waals surface area contributed by atoms with Crippen molar-refractivity contribution in [3.63, 3.8) is 0 Å². The van der Waals surface area contributed by atoms with E-state index in [1.54, 1.807) is 7.05 Å². The smallest absolute Gasteiger partial charge is 0.321 e. The zero-order valence-electron chi connectivity index (χ0n) is 16.3. The molecule has 0 bridgehead atoms. The SMILES string of the molecule is CN=C(NCCCC(C)C)NCc1cccc(NC(=O)N2CCCC2)c1. The monoisotopic (exact) mass is 359 g/mol. The normalized spacial score (nSPS) is 14.6. The Balaban J connectivity index is 1.78. The van der Waals surface area contributed by atoms with Crippen LogP contribution in [0.2, 0.25) is 0 Å². The molecule has 1 aliphatic heterocycles. The third-order valence-electron chi connectivity index (χ3n) is 4.51. The largest absolute Gasteiger partial charge is 0.356 e. The Bertz CT molecular complexity index is 594. The highest BCUT2D eigenvalue weighted by atomic mass is 16.2. The van der Waals surface area contributed by atoms with E-state index in [1.165, 1.54) is 6.42 Å². The molecule has 0 unspecified atom stereocenters. The number of anilines is 1. The second-order valence-electron chi connectivity index (χ2n) is 7.21. The maximum atomic E-state index is 12.2. The Morgan fingerprint density at radius 1 is 1.23 bits per heavy atom. The van der Waals surface area contributed by atoms with Crippen molar-refractivity contribution in [3.8, 4) is 0 Å². The van der Waals surface area contributed by atoms with Gasteiger partial charge >= 0.3 is 6.03 Å². The molecule has 6 nitrogen and oxygen atoms in total. The quantitative estimate of drug-likeness (QED) is 0.397. The lowest BCUT2D eigenvalue weighted by Gasteiger charge is -2.17. The summed E-state index contributed by atoms with van der Waals surface area (Å²) in [7, 11) is 1.78. The summed E-state index contributed by atoms with van der Waals surface area (Å²) >= 11 is 0. The molecule has 2 rings (SSSR count). The molecule has 1 heterocycles. The minimum Gasteiger partial charge on any atom is -0.356 e. The highest BCUT2D eigenvalue weighted by molar-refractivity contribution is 5.89. The number of aliphatic imine (C=N–C) groups is 1. The van der Waals surface area contributed by atoms with Gasteiger partial charge in [0.25, 0.3) is 0 Å². The molecule has 0 saturated carbocycles. The van der Waals surface area contributed by atoms with Crippen LogP contribution in [0.5, 0.6) is 0 Å². The van der Waals surface area contributed by atoms with Crippen LogP contribution in [-0.2, 0) is 6.54 Å². The van der Waals surface area contributed by atoms with Gasteiger partial charge in [0.1, 0.15) is 0 Å². The van der Waals surface area contributed by atoms with Crippen molar-refractivity contribution in [2.75, 3.05) is 32.0 Å². The molecule has 1 saturated heterocycles. The molecule has 1 aliphatic rings. The standard InChI is InChI=1S/C20H33N5O/c1-16(2)8-7-11-22-19(21-3)23-15-17-9-6-10-18(14-17)24-20(26)25-12-4-5-13-25/h6,9-10,14,16H,4-5,7-8,11-13,15H2,1-3H3,(H,24,26)(H2,21,22,23). The fraction of sp³-hybridized carbons (Fsp3) is 0.600. The second kappa shape index (κ2) is 10.7. The number of guanidine groups is 1. The Morgan fingerprint density at radius 2 is 2.00 bits per heavy atom. The Hall–Kier alpha value is -2.24. The van der Waals surface area contributed by atoms with Gasteiger partial charge in [-0.3, -0.25) is 4.99 Å². The molecule has 0 radical (unpaired) electrons. The van der Waals surface area contributed by atoms with Crippen LogP contribution in [0.4, 0.5) is 10.5 Å². The third-order valence-corrected chi connectivity index (χ3v) is 4.51. The molecule has 1 fully saturated rings. The van der Waals surface area contributed by atoms with Crippen molar-refractivity contribution in [3.05, 3.63) is 29.8 Å². The third kappa shape index (κ3) is 6.94. The van der Waals surface area contributed by atoms with Gasteiger partial charge in [-0.25, -0.2) is 4.79 Å². The molecule has 6 heteroatoms. The molecule has 0 atom stereocenters. The van der Waals surface area contributed by atoms with Crippen molar-refractivity contribution in [1.29, 1.82) is 0 Å². The summed E-state index contributed by atoms with van der Waals surface area (Å²) in [6.45, 7) is 7.77. The predicted octanol–water partition coefficient (Wildman–Crippen LogP) is 3.42. The average molecular weight is 360 g/mol. The van der Waals surface area contributed by atoms with E-state index in [0.717, 1.165) is 62.0 Å². The fourth-order valence-corrected chi connectivity index (χ4v) is 3.01. The molecular weight excluding hydrogens is 326 g/mol. The average Bonchev–Trinajstić information content (AvgIpc) is 3.16. The van der Waals surface area contributed by atoms with Crippen molar-refractivity contribution in [1.82, 2.24) is 15.5 Å². The fourth-order valence-electron chi connectivity index (χ4n) is 3.01. The number of rotatable bonds is 7. The maximum absolute atomic E-state index is 12.2.